The van der Waals surface area contributed by atoms with Gasteiger partial charge in [0.1, 0.15) is 11.9 Å². The lowest BCUT2D eigenvalue weighted by molar-refractivity contribution is -0.136. The van der Waals surface area contributed by atoms with E-state index in [2.05, 4.69) is 5.32 Å². The Morgan fingerprint density at radius 1 is 1.21 bits per heavy atom. The van der Waals surface area contributed by atoms with Gasteiger partial charge in [0, 0.05) is 69.7 Å². The molecule has 8 nitrogen and oxygen atoms in total. The first kappa shape index (κ1) is 16.3. The van der Waals surface area contributed by atoms with Crippen molar-refractivity contribution in [3.63, 3.8) is 0 Å². The van der Waals surface area contributed by atoms with Crippen LogP contribution in [0.2, 0.25) is 0 Å². The van der Waals surface area contributed by atoms with E-state index in [1.165, 1.54) is 18.2 Å². The Kier molecular flexibility index (Phi) is 4.58. The summed E-state index contributed by atoms with van der Waals surface area (Å²) < 4.78 is 69.5. The second kappa shape index (κ2) is 9.52. The first-order chi connectivity index (χ1) is 18.8. The minimum atomic E-state index is -3.05. The number of carbonyl (C=O) groups excluding carboxylic acids is 3. The Morgan fingerprint density at radius 2 is 2.03 bits per heavy atom. The minimum Gasteiger partial charge on any atom is -0.381 e. The molecule has 2 fully saturated rings. The Bertz CT molecular complexity index is 1390. The molecule has 3 heterocycles. The molecule has 3 aliphatic rings. The van der Waals surface area contributed by atoms with E-state index in [0.29, 0.717) is 37.6 Å². The number of nitrogens with one attached hydrogen (secondary N) is 2. The van der Waals surface area contributed by atoms with Gasteiger partial charge in [-0.2, -0.15) is 0 Å². The van der Waals surface area contributed by atoms with Gasteiger partial charge in [-0.3, -0.25) is 24.6 Å². The van der Waals surface area contributed by atoms with Crippen molar-refractivity contribution in [1.29, 1.82) is 0 Å². The zero-order chi connectivity index (χ0) is 29.0. The molecule has 0 aliphatic carbocycles. The van der Waals surface area contributed by atoms with Crippen molar-refractivity contribution in [2.45, 2.75) is 38.4 Å². The van der Waals surface area contributed by atoms with E-state index in [9.17, 15) is 14.4 Å². The Hall–Kier alpha value is -3.30. The van der Waals surface area contributed by atoms with Gasteiger partial charge in [-0.15, -0.1) is 0 Å². The van der Waals surface area contributed by atoms with Crippen LogP contribution in [0, 0.1) is 5.82 Å². The van der Waals surface area contributed by atoms with Gasteiger partial charge in [-0.05, 0) is 30.1 Å². The summed E-state index contributed by atoms with van der Waals surface area (Å²) in [6.45, 7) is -0.564. The van der Waals surface area contributed by atoms with Crippen molar-refractivity contribution in [3.05, 3.63) is 64.5 Å². The van der Waals surface area contributed by atoms with E-state index in [4.69, 9.17) is 13.0 Å². The van der Waals surface area contributed by atoms with Crippen molar-refractivity contribution >= 4 is 23.4 Å². The fourth-order valence-corrected chi connectivity index (χ4v) is 4.17. The van der Waals surface area contributed by atoms with E-state index in [1.807, 2.05) is 5.32 Å². The summed E-state index contributed by atoms with van der Waals surface area (Å²) in [5.41, 5.74) is 1.43. The highest BCUT2D eigenvalue weighted by Gasteiger charge is 2.39. The highest BCUT2D eigenvalue weighted by atomic mass is 19.1. The van der Waals surface area contributed by atoms with Gasteiger partial charge < -0.3 is 15.0 Å². The van der Waals surface area contributed by atoms with Gasteiger partial charge in [-0.1, -0.05) is 18.2 Å². The van der Waals surface area contributed by atoms with Gasteiger partial charge in [0.2, 0.25) is 11.8 Å². The maximum absolute atomic E-state index is 15.1. The van der Waals surface area contributed by atoms with Crippen molar-refractivity contribution < 1.29 is 31.7 Å². The van der Waals surface area contributed by atoms with Crippen LogP contribution in [-0.2, 0) is 33.9 Å². The van der Waals surface area contributed by atoms with Crippen LogP contribution >= 0.6 is 0 Å². The first-order valence-corrected chi connectivity index (χ1v) is 10.9. The molecule has 1 atom stereocenters. The fourth-order valence-electron chi connectivity index (χ4n) is 4.17. The molecule has 9 heteroatoms. The number of hydrogen-bond acceptors (Lipinski definition) is 6. The van der Waals surface area contributed by atoms with Crippen molar-refractivity contribution in [1.82, 2.24) is 15.1 Å². The third-order valence-electron chi connectivity index (χ3n) is 5.94. The SMILES string of the molecule is [2H]C([2H])(c1ccc(CNc2cccc3c2CN(C2C(=O)NC(=O)C([2H])([2H])C2([2H])[2H])C3=O)c(F)c1)N1CCOCC1. The van der Waals surface area contributed by atoms with Crippen LogP contribution in [0.5, 0.6) is 0 Å². The van der Waals surface area contributed by atoms with Crippen LogP contribution in [0.3, 0.4) is 0 Å². The summed E-state index contributed by atoms with van der Waals surface area (Å²) in [4.78, 5) is 40.2. The molecule has 178 valence electrons. The largest absolute Gasteiger partial charge is 0.381 e. The normalized spacial score (nSPS) is 26.9. The molecule has 0 saturated carbocycles. The number of halogens is 1. The molecular weight excluding hydrogens is 439 g/mol. The molecule has 34 heavy (non-hydrogen) atoms. The number of amides is 3. The summed E-state index contributed by atoms with van der Waals surface area (Å²) in [7, 11) is 0. The van der Waals surface area contributed by atoms with Gasteiger partial charge in [0.05, 0.1) is 13.2 Å². The predicted octanol–water partition coefficient (Wildman–Crippen LogP) is 2.03. The number of piperidine rings is 1. The molecule has 3 amide bonds. The highest BCUT2D eigenvalue weighted by Crippen LogP contribution is 2.32. The van der Waals surface area contributed by atoms with E-state index in [-0.39, 0.29) is 29.8 Å². The Morgan fingerprint density at radius 3 is 2.82 bits per heavy atom. The number of rotatable bonds is 6. The summed E-state index contributed by atoms with van der Waals surface area (Å²) in [6.07, 6.45) is -6.04. The zero-order valence-electron chi connectivity index (χ0n) is 24.2. The number of hydrogen-bond donors (Lipinski definition) is 2. The number of carbonyl (C=O) groups is 3. The molecule has 0 bridgehead atoms. The average Bonchev–Trinajstić information content (AvgIpc) is 3.23. The second-order valence-electron chi connectivity index (χ2n) is 8.13. The summed E-state index contributed by atoms with van der Waals surface area (Å²) in [6, 6.07) is 6.97. The quantitative estimate of drug-likeness (QED) is 0.626. The van der Waals surface area contributed by atoms with Gasteiger partial charge >= 0.3 is 0 Å². The first-order valence-electron chi connectivity index (χ1n) is 13.9. The molecular formula is C25H27FN4O4. The molecule has 1 unspecified atom stereocenters. The number of morpholine rings is 1. The maximum Gasteiger partial charge on any atom is 0.255 e. The van der Waals surface area contributed by atoms with E-state index in [1.54, 1.807) is 17.0 Å². The third-order valence-corrected chi connectivity index (χ3v) is 5.94. The zero-order valence-corrected chi connectivity index (χ0v) is 18.2. The van der Waals surface area contributed by atoms with Crippen LogP contribution in [0.15, 0.2) is 36.4 Å². The molecule has 0 radical (unpaired) electrons. The van der Waals surface area contributed by atoms with E-state index >= 15 is 4.39 Å². The van der Waals surface area contributed by atoms with Crippen LogP contribution in [0.4, 0.5) is 10.1 Å². The van der Waals surface area contributed by atoms with Gasteiger partial charge in [0.25, 0.3) is 5.91 Å². The lowest BCUT2D eigenvalue weighted by atomic mass is 10.0. The Balaban J connectivity index is 1.34. The monoisotopic (exact) mass is 472 g/mol. The lowest BCUT2D eigenvalue weighted by Crippen LogP contribution is -2.52. The molecule has 5 rings (SSSR count). The smallest absolute Gasteiger partial charge is 0.255 e. The minimum absolute atomic E-state index is 0.0148. The molecule has 0 spiro atoms. The lowest BCUT2D eigenvalue weighted by Gasteiger charge is -2.29. The van der Waals surface area contributed by atoms with Crippen LogP contribution in [0.25, 0.3) is 0 Å². The van der Waals surface area contributed by atoms with Crippen molar-refractivity contribution in [3.8, 4) is 0 Å². The van der Waals surface area contributed by atoms with Crippen LogP contribution < -0.4 is 10.6 Å². The summed E-state index contributed by atoms with van der Waals surface area (Å²) >= 11 is 0. The van der Waals surface area contributed by atoms with Gasteiger partial charge in [-0.25, -0.2) is 4.39 Å². The van der Waals surface area contributed by atoms with Crippen LogP contribution in [0.1, 0.15) is 48.0 Å². The third kappa shape index (κ3) is 4.53. The fraction of sp³-hybridized carbons (Fsp3) is 0.400. The van der Waals surface area contributed by atoms with Crippen molar-refractivity contribution in [2.75, 3.05) is 31.6 Å². The number of imide groups is 1. The molecule has 0 aromatic heterocycles. The summed E-state index contributed by atoms with van der Waals surface area (Å²) in [5, 5.41) is 4.88. The number of nitrogens with zero attached hydrogens (tertiary/aromatic N) is 2. The van der Waals surface area contributed by atoms with Gasteiger partial charge in [0.15, 0.2) is 0 Å². The molecule has 2 aromatic carbocycles. The van der Waals surface area contributed by atoms with Crippen LogP contribution in [-0.4, -0.2) is 59.9 Å². The second-order valence-corrected chi connectivity index (χ2v) is 8.13. The molecule has 2 aromatic rings. The predicted molar refractivity (Wildman–Crippen MR) is 122 cm³/mol. The Labute approximate surface area is 205 Å². The van der Waals surface area contributed by atoms with E-state index < -0.39 is 48.8 Å². The molecule has 3 aliphatic heterocycles. The molecule has 2 N–H and O–H groups in total. The van der Waals surface area contributed by atoms with Crippen molar-refractivity contribution in [2.24, 2.45) is 0 Å². The standard InChI is InChI=1S/C25H27FN4O4/c26-20-12-16(14-29-8-10-34-11-9-29)4-5-17(20)13-27-21-3-1-2-18-19(21)15-30(25(18)33)22-6-7-23(31)28-24(22)32/h1-5,12,22,27H,6-11,13-15H2,(H,28,31,32)/i6D2,7D2,14D2. The average molecular weight is 473 g/mol. The number of benzene rings is 2. The number of fused-ring (bicyclic) bond motifs is 1. The highest BCUT2D eigenvalue weighted by molar-refractivity contribution is 6.06. The van der Waals surface area contributed by atoms with E-state index in [0.717, 1.165) is 11.0 Å². The summed E-state index contributed by atoms with van der Waals surface area (Å²) in [5.74, 6) is -3.84. The number of anilines is 1. The number of ether oxygens (including phenoxy) is 1. The maximum atomic E-state index is 15.1. The topological polar surface area (TPSA) is 91.0 Å². The molecule has 2 saturated heterocycles.